The SMILES string of the molecule is COCCOc1ccccc1NC(=O)N1C[C@@H]2CC=CC[C@H]2C1. The van der Waals surface area contributed by atoms with E-state index in [1.54, 1.807) is 7.11 Å². The number of likely N-dealkylation sites (tertiary alicyclic amines) is 1. The first kappa shape index (κ1) is 15.9. The summed E-state index contributed by atoms with van der Waals surface area (Å²) in [5, 5.41) is 2.99. The third kappa shape index (κ3) is 3.85. The molecule has 5 heteroatoms. The molecule has 0 unspecified atom stereocenters. The highest BCUT2D eigenvalue weighted by atomic mass is 16.5. The molecule has 2 atom stereocenters. The molecule has 2 amide bonds. The molecule has 1 N–H and O–H groups in total. The van der Waals surface area contributed by atoms with E-state index in [0.29, 0.717) is 36.5 Å². The first-order chi connectivity index (χ1) is 11.3. The molecule has 0 spiro atoms. The van der Waals surface area contributed by atoms with Gasteiger partial charge < -0.3 is 19.7 Å². The van der Waals surface area contributed by atoms with Crippen LogP contribution in [0.15, 0.2) is 36.4 Å². The number of hydrogen-bond donors (Lipinski definition) is 1. The van der Waals surface area contributed by atoms with E-state index in [9.17, 15) is 4.79 Å². The van der Waals surface area contributed by atoms with Gasteiger partial charge in [0, 0.05) is 20.2 Å². The topological polar surface area (TPSA) is 50.8 Å². The van der Waals surface area contributed by atoms with Crippen LogP contribution in [-0.2, 0) is 4.74 Å². The molecule has 0 saturated carbocycles. The lowest BCUT2D eigenvalue weighted by Gasteiger charge is -2.19. The van der Waals surface area contributed by atoms with Gasteiger partial charge in [-0.3, -0.25) is 0 Å². The number of methoxy groups -OCH3 is 1. The Morgan fingerprint density at radius 2 is 1.87 bits per heavy atom. The summed E-state index contributed by atoms with van der Waals surface area (Å²) < 4.78 is 10.7. The Bertz CT molecular complexity index is 557. The zero-order valence-corrected chi connectivity index (χ0v) is 13.5. The number of benzene rings is 1. The summed E-state index contributed by atoms with van der Waals surface area (Å²) in [7, 11) is 1.64. The standard InChI is InChI=1S/C18H24N2O3/c1-22-10-11-23-17-9-5-4-8-16(17)19-18(21)20-12-14-6-2-3-7-15(14)13-20/h2-5,8-9,14-15H,6-7,10-13H2,1H3,(H,19,21)/t14-,15-/m0/s1. The van der Waals surface area contributed by atoms with E-state index in [0.717, 1.165) is 25.9 Å². The van der Waals surface area contributed by atoms with Crippen molar-refractivity contribution in [2.24, 2.45) is 11.8 Å². The molecule has 1 saturated heterocycles. The van der Waals surface area contributed by atoms with E-state index < -0.39 is 0 Å². The molecule has 0 bridgehead atoms. The number of carbonyl (C=O) groups is 1. The lowest BCUT2D eigenvalue weighted by atomic mass is 9.86. The number of anilines is 1. The highest BCUT2D eigenvalue weighted by molar-refractivity contribution is 5.91. The highest BCUT2D eigenvalue weighted by Gasteiger charge is 2.35. The molecule has 3 rings (SSSR count). The third-order valence-electron chi connectivity index (χ3n) is 4.58. The van der Waals surface area contributed by atoms with Gasteiger partial charge in [0.05, 0.1) is 12.3 Å². The number of para-hydroxylation sites is 2. The average molecular weight is 316 g/mol. The molecular weight excluding hydrogens is 292 g/mol. The molecule has 2 aliphatic rings. The number of allylic oxidation sites excluding steroid dienone is 2. The van der Waals surface area contributed by atoms with Crippen molar-refractivity contribution in [1.82, 2.24) is 4.90 Å². The summed E-state index contributed by atoms with van der Waals surface area (Å²) in [5.74, 6) is 1.90. The minimum absolute atomic E-state index is 0.0396. The van der Waals surface area contributed by atoms with Gasteiger partial charge in [-0.15, -0.1) is 0 Å². The van der Waals surface area contributed by atoms with Crippen molar-refractivity contribution >= 4 is 11.7 Å². The first-order valence-electron chi connectivity index (χ1n) is 8.19. The van der Waals surface area contributed by atoms with E-state index in [2.05, 4.69) is 17.5 Å². The quantitative estimate of drug-likeness (QED) is 0.670. The molecule has 23 heavy (non-hydrogen) atoms. The van der Waals surface area contributed by atoms with Crippen molar-refractivity contribution in [3.8, 4) is 5.75 Å². The zero-order valence-electron chi connectivity index (χ0n) is 13.5. The molecule has 0 aromatic heterocycles. The Balaban J connectivity index is 1.60. The number of urea groups is 1. The van der Waals surface area contributed by atoms with Crippen LogP contribution in [0, 0.1) is 11.8 Å². The summed E-state index contributed by atoms with van der Waals surface area (Å²) in [6.45, 7) is 2.66. The number of ether oxygens (including phenoxy) is 2. The van der Waals surface area contributed by atoms with Crippen molar-refractivity contribution in [3.63, 3.8) is 0 Å². The fraction of sp³-hybridized carbons (Fsp3) is 0.500. The molecule has 1 heterocycles. The molecule has 124 valence electrons. The van der Waals surface area contributed by atoms with Crippen LogP contribution in [0.3, 0.4) is 0 Å². The minimum atomic E-state index is -0.0396. The molecule has 5 nitrogen and oxygen atoms in total. The maximum absolute atomic E-state index is 12.6. The van der Waals surface area contributed by atoms with Crippen LogP contribution >= 0.6 is 0 Å². The molecule has 0 radical (unpaired) electrons. The van der Waals surface area contributed by atoms with Crippen LogP contribution < -0.4 is 10.1 Å². The first-order valence-corrected chi connectivity index (χ1v) is 8.19. The number of hydrogen-bond acceptors (Lipinski definition) is 3. The van der Waals surface area contributed by atoms with E-state index in [1.807, 2.05) is 29.2 Å². The van der Waals surface area contributed by atoms with Gasteiger partial charge in [-0.1, -0.05) is 24.3 Å². The van der Waals surface area contributed by atoms with Gasteiger partial charge >= 0.3 is 6.03 Å². The zero-order chi connectivity index (χ0) is 16.1. The van der Waals surface area contributed by atoms with Gasteiger partial charge in [0.1, 0.15) is 12.4 Å². The van der Waals surface area contributed by atoms with E-state index >= 15 is 0 Å². The predicted octanol–water partition coefficient (Wildman–Crippen LogP) is 3.14. The predicted molar refractivity (Wildman–Crippen MR) is 89.8 cm³/mol. The molecule has 1 aliphatic heterocycles. The average Bonchev–Trinajstić information content (AvgIpc) is 3.01. The summed E-state index contributed by atoms with van der Waals surface area (Å²) in [6.07, 6.45) is 6.65. The second kappa shape index (κ2) is 7.51. The van der Waals surface area contributed by atoms with Gasteiger partial charge in [-0.05, 0) is 36.8 Å². The Morgan fingerprint density at radius 3 is 2.57 bits per heavy atom. The second-order valence-electron chi connectivity index (χ2n) is 6.14. The van der Waals surface area contributed by atoms with Gasteiger partial charge in [0.2, 0.25) is 0 Å². The highest BCUT2D eigenvalue weighted by Crippen LogP contribution is 2.33. The monoisotopic (exact) mass is 316 g/mol. The molecule has 1 aromatic rings. The summed E-state index contributed by atoms with van der Waals surface area (Å²) in [5.41, 5.74) is 0.710. The van der Waals surface area contributed by atoms with Crippen molar-refractivity contribution in [2.75, 3.05) is 38.7 Å². The fourth-order valence-electron chi connectivity index (χ4n) is 3.31. The minimum Gasteiger partial charge on any atom is -0.489 e. The molecule has 1 aromatic carbocycles. The van der Waals surface area contributed by atoms with Crippen LogP contribution in [0.1, 0.15) is 12.8 Å². The van der Waals surface area contributed by atoms with Gasteiger partial charge in [0.15, 0.2) is 0 Å². The van der Waals surface area contributed by atoms with Crippen molar-refractivity contribution in [2.45, 2.75) is 12.8 Å². The lowest BCUT2D eigenvalue weighted by molar-refractivity contribution is 0.146. The Hall–Kier alpha value is -2.01. The van der Waals surface area contributed by atoms with Crippen LogP contribution in [0.5, 0.6) is 5.75 Å². The van der Waals surface area contributed by atoms with E-state index in [-0.39, 0.29) is 6.03 Å². The number of nitrogens with one attached hydrogen (secondary N) is 1. The largest absolute Gasteiger partial charge is 0.489 e. The molecular formula is C18H24N2O3. The maximum Gasteiger partial charge on any atom is 0.321 e. The van der Waals surface area contributed by atoms with Gasteiger partial charge in [0.25, 0.3) is 0 Å². The fourth-order valence-corrected chi connectivity index (χ4v) is 3.31. The normalized spacial score (nSPS) is 22.7. The van der Waals surface area contributed by atoms with E-state index in [1.165, 1.54) is 0 Å². The molecule has 1 fully saturated rings. The summed E-state index contributed by atoms with van der Waals surface area (Å²) in [6, 6.07) is 7.48. The lowest BCUT2D eigenvalue weighted by Crippen LogP contribution is -2.33. The molecule has 1 aliphatic carbocycles. The maximum atomic E-state index is 12.6. The van der Waals surface area contributed by atoms with Gasteiger partial charge in [-0.2, -0.15) is 0 Å². The van der Waals surface area contributed by atoms with Crippen molar-refractivity contribution in [3.05, 3.63) is 36.4 Å². The van der Waals surface area contributed by atoms with Crippen LogP contribution in [0.4, 0.5) is 10.5 Å². The van der Waals surface area contributed by atoms with Crippen LogP contribution in [0.2, 0.25) is 0 Å². The van der Waals surface area contributed by atoms with E-state index in [4.69, 9.17) is 9.47 Å². The summed E-state index contributed by atoms with van der Waals surface area (Å²) in [4.78, 5) is 14.5. The number of rotatable bonds is 5. The number of fused-ring (bicyclic) bond motifs is 1. The second-order valence-corrected chi connectivity index (χ2v) is 6.14. The third-order valence-corrected chi connectivity index (χ3v) is 4.58. The van der Waals surface area contributed by atoms with Crippen LogP contribution in [-0.4, -0.2) is 44.3 Å². The van der Waals surface area contributed by atoms with Crippen LogP contribution in [0.25, 0.3) is 0 Å². The smallest absolute Gasteiger partial charge is 0.321 e. The Morgan fingerprint density at radius 1 is 1.17 bits per heavy atom. The number of amides is 2. The Labute approximate surface area is 137 Å². The van der Waals surface area contributed by atoms with Crippen molar-refractivity contribution in [1.29, 1.82) is 0 Å². The number of carbonyl (C=O) groups excluding carboxylic acids is 1. The Kier molecular flexibility index (Phi) is 5.18. The number of nitrogens with zero attached hydrogens (tertiary/aromatic N) is 1. The summed E-state index contributed by atoms with van der Waals surface area (Å²) >= 11 is 0. The van der Waals surface area contributed by atoms with Crippen molar-refractivity contribution < 1.29 is 14.3 Å². The van der Waals surface area contributed by atoms with Gasteiger partial charge in [-0.25, -0.2) is 4.79 Å².